The van der Waals surface area contributed by atoms with Gasteiger partial charge in [0.15, 0.2) is 11.5 Å². The van der Waals surface area contributed by atoms with Gasteiger partial charge in [-0.2, -0.15) is 0 Å². The highest BCUT2D eigenvalue weighted by atomic mass is 16.5. The second-order valence-corrected chi connectivity index (χ2v) is 9.03. The molecule has 0 N–H and O–H groups in total. The molecule has 6 nitrogen and oxygen atoms in total. The zero-order chi connectivity index (χ0) is 26.3. The number of aromatic nitrogens is 2. The number of imidazole rings is 1. The molecule has 194 valence electrons. The Morgan fingerprint density at radius 1 is 0.737 bits per heavy atom. The Morgan fingerprint density at radius 2 is 1.34 bits per heavy atom. The van der Waals surface area contributed by atoms with Crippen molar-refractivity contribution < 1.29 is 18.9 Å². The average Bonchev–Trinajstić information content (AvgIpc) is 3.33. The topological polar surface area (TPSA) is 54.7 Å². The maximum Gasteiger partial charge on any atom is 0.204 e. The Balaban J connectivity index is 1.62. The smallest absolute Gasteiger partial charge is 0.204 e. The zero-order valence-corrected chi connectivity index (χ0v) is 22.0. The Morgan fingerprint density at radius 3 is 1.97 bits per heavy atom. The van der Waals surface area contributed by atoms with Crippen LogP contribution in [0.15, 0.2) is 91.0 Å². The van der Waals surface area contributed by atoms with Gasteiger partial charge in [0.05, 0.1) is 24.8 Å². The van der Waals surface area contributed by atoms with E-state index in [2.05, 4.69) is 10.6 Å². The monoisotopic (exact) mass is 508 g/mol. The Kier molecular flexibility index (Phi) is 7.90. The number of hydrogen-bond acceptors (Lipinski definition) is 5. The van der Waals surface area contributed by atoms with Gasteiger partial charge < -0.3 is 23.5 Å². The standard InChI is InChI=1S/C32H32N2O4/c1-23-26(32-33-27-16-10-11-17-28(27)34(32)18-19-35-2)20-29(36-3)31(38-22-25-14-8-5-9-15-25)30(23)37-21-24-12-6-4-7-13-24/h4-17,20H,18-19,21-22H2,1-3H3. The first-order chi connectivity index (χ1) is 18.7. The summed E-state index contributed by atoms with van der Waals surface area (Å²) < 4.78 is 26.3. The van der Waals surface area contributed by atoms with Crippen LogP contribution < -0.4 is 14.2 Å². The molecule has 0 aliphatic carbocycles. The third-order valence-electron chi connectivity index (χ3n) is 6.54. The van der Waals surface area contributed by atoms with Crippen LogP contribution >= 0.6 is 0 Å². The van der Waals surface area contributed by atoms with Crippen LogP contribution in [0.3, 0.4) is 0 Å². The van der Waals surface area contributed by atoms with Crippen molar-refractivity contribution >= 4 is 11.0 Å². The molecule has 0 radical (unpaired) electrons. The lowest BCUT2D eigenvalue weighted by Gasteiger charge is -2.21. The van der Waals surface area contributed by atoms with Crippen LogP contribution in [0.5, 0.6) is 17.2 Å². The molecule has 6 heteroatoms. The molecular weight excluding hydrogens is 476 g/mol. The maximum absolute atomic E-state index is 6.48. The molecule has 0 bridgehead atoms. The number of rotatable bonds is 11. The minimum Gasteiger partial charge on any atom is -0.493 e. The normalized spacial score (nSPS) is 11.0. The van der Waals surface area contributed by atoms with E-state index in [0.717, 1.165) is 39.1 Å². The molecule has 0 amide bonds. The van der Waals surface area contributed by atoms with Gasteiger partial charge in [0.2, 0.25) is 5.75 Å². The van der Waals surface area contributed by atoms with E-state index in [9.17, 15) is 0 Å². The van der Waals surface area contributed by atoms with Gasteiger partial charge in [0.1, 0.15) is 19.0 Å². The predicted octanol–water partition coefficient (Wildman–Crippen LogP) is 6.82. The number of methoxy groups -OCH3 is 2. The number of fused-ring (bicyclic) bond motifs is 1. The van der Waals surface area contributed by atoms with E-state index in [1.54, 1.807) is 14.2 Å². The van der Waals surface area contributed by atoms with E-state index in [4.69, 9.17) is 23.9 Å². The van der Waals surface area contributed by atoms with Crippen LogP contribution in [0.4, 0.5) is 0 Å². The number of ether oxygens (including phenoxy) is 4. The number of para-hydroxylation sites is 2. The Bertz CT molecular complexity index is 1500. The van der Waals surface area contributed by atoms with Gasteiger partial charge in [-0.05, 0) is 36.2 Å². The minimum atomic E-state index is 0.393. The van der Waals surface area contributed by atoms with E-state index in [1.807, 2.05) is 91.9 Å². The minimum absolute atomic E-state index is 0.393. The summed E-state index contributed by atoms with van der Waals surface area (Å²) in [6.07, 6.45) is 0. The molecule has 0 saturated carbocycles. The van der Waals surface area contributed by atoms with Crippen molar-refractivity contribution in [2.45, 2.75) is 26.7 Å². The van der Waals surface area contributed by atoms with Crippen molar-refractivity contribution in [1.29, 1.82) is 0 Å². The van der Waals surface area contributed by atoms with E-state index in [-0.39, 0.29) is 0 Å². The predicted molar refractivity (Wildman–Crippen MR) is 150 cm³/mol. The summed E-state index contributed by atoms with van der Waals surface area (Å²) in [5.74, 6) is 2.64. The van der Waals surface area contributed by atoms with Gasteiger partial charge >= 0.3 is 0 Å². The fourth-order valence-corrected chi connectivity index (χ4v) is 4.55. The SMILES string of the molecule is COCCn1c(-c2cc(OC)c(OCc3ccccc3)c(OCc3ccccc3)c2C)nc2ccccc21. The van der Waals surface area contributed by atoms with Gasteiger partial charge in [0.25, 0.3) is 0 Å². The lowest BCUT2D eigenvalue weighted by Crippen LogP contribution is -2.08. The zero-order valence-electron chi connectivity index (χ0n) is 22.0. The fourth-order valence-electron chi connectivity index (χ4n) is 4.55. The Labute approximate surface area is 223 Å². The second-order valence-electron chi connectivity index (χ2n) is 9.03. The van der Waals surface area contributed by atoms with Crippen LogP contribution in [0.2, 0.25) is 0 Å². The molecule has 0 unspecified atom stereocenters. The van der Waals surface area contributed by atoms with E-state index in [0.29, 0.717) is 43.6 Å². The lowest BCUT2D eigenvalue weighted by molar-refractivity contribution is 0.188. The van der Waals surface area contributed by atoms with Crippen molar-refractivity contribution in [1.82, 2.24) is 9.55 Å². The van der Waals surface area contributed by atoms with Crippen molar-refractivity contribution in [2.75, 3.05) is 20.8 Å². The first-order valence-electron chi connectivity index (χ1n) is 12.7. The number of benzene rings is 4. The Hall–Kier alpha value is -4.29. The van der Waals surface area contributed by atoms with Crippen molar-refractivity contribution in [3.05, 3.63) is 108 Å². The van der Waals surface area contributed by atoms with E-state index >= 15 is 0 Å². The summed E-state index contributed by atoms with van der Waals surface area (Å²) in [6, 6.07) is 30.3. The highest BCUT2D eigenvalue weighted by Crippen LogP contribution is 2.46. The molecule has 0 aliphatic rings. The quantitative estimate of drug-likeness (QED) is 0.196. The van der Waals surface area contributed by atoms with Crippen molar-refractivity contribution in [3.63, 3.8) is 0 Å². The summed E-state index contributed by atoms with van der Waals surface area (Å²) in [4.78, 5) is 5.01. The largest absolute Gasteiger partial charge is 0.493 e. The fraction of sp³-hybridized carbons (Fsp3) is 0.219. The molecule has 1 heterocycles. The first-order valence-corrected chi connectivity index (χ1v) is 12.7. The second kappa shape index (κ2) is 11.8. The number of nitrogens with zero attached hydrogens (tertiary/aromatic N) is 2. The van der Waals surface area contributed by atoms with Crippen LogP contribution in [-0.4, -0.2) is 30.4 Å². The van der Waals surface area contributed by atoms with Crippen molar-refractivity contribution in [3.8, 4) is 28.6 Å². The van der Waals surface area contributed by atoms with Gasteiger partial charge in [-0.15, -0.1) is 0 Å². The van der Waals surface area contributed by atoms with Gasteiger partial charge in [-0.1, -0.05) is 72.8 Å². The maximum atomic E-state index is 6.48. The molecule has 4 aromatic carbocycles. The molecule has 0 aliphatic heterocycles. The third kappa shape index (κ3) is 5.36. The third-order valence-corrected chi connectivity index (χ3v) is 6.54. The molecule has 0 spiro atoms. The average molecular weight is 509 g/mol. The van der Waals surface area contributed by atoms with Crippen LogP contribution in [-0.2, 0) is 24.5 Å². The van der Waals surface area contributed by atoms with Crippen molar-refractivity contribution in [2.24, 2.45) is 0 Å². The lowest BCUT2D eigenvalue weighted by atomic mass is 10.0. The van der Waals surface area contributed by atoms with E-state index in [1.165, 1.54) is 0 Å². The molecule has 1 aromatic heterocycles. The van der Waals surface area contributed by atoms with Gasteiger partial charge in [0, 0.05) is 24.8 Å². The molecule has 0 fully saturated rings. The first kappa shape index (κ1) is 25.4. The molecule has 0 saturated heterocycles. The molecule has 5 aromatic rings. The molecular formula is C32H32N2O4. The van der Waals surface area contributed by atoms with Gasteiger partial charge in [-0.25, -0.2) is 4.98 Å². The summed E-state index contributed by atoms with van der Waals surface area (Å²) in [5.41, 5.74) is 5.95. The summed E-state index contributed by atoms with van der Waals surface area (Å²) >= 11 is 0. The summed E-state index contributed by atoms with van der Waals surface area (Å²) in [7, 11) is 3.36. The van der Waals surface area contributed by atoms with Crippen LogP contribution in [0.1, 0.15) is 16.7 Å². The van der Waals surface area contributed by atoms with Crippen LogP contribution in [0.25, 0.3) is 22.4 Å². The highest BCUT2D eigenvalue weighted by molar-refractivity contribution is 5.83. The highest BCUT2D eigenvalue weighted by Gasteiger charge is 2.24. The van der Waals surface area contributed by atoms with E-state index < -0.39 is 0 Å². The number of hydrogen-bond donors (Lipinski definition) is 0. The molecule has 5 rings (SSSR count). The molecule has 0 atom stereocenters. The van der Waals surface area contributed by atoms with Crippen LogP contribution in [0, 0.1) is 6.92 Å². The summed E-state index contributed by atoms with van der Waals surface area (Å²) in [5, 5.41) is 0. The van der Waals surface area contributed by atoms with Gasteiger partial charge in [-0.3, -0.25) is 0 Å². The molecule has 38 heavy (non-hydrogen) atoms. The summed E-state index contributed by atoms with van der Waals surface area (Å²) in [6.45, 7) is 4.07.